The maximum absolute atomic E-state index is 12.2. The Bertz CT molecular complexity index is 1200. The number of fused-ring (bicyclic) bond motifs is 1. The summed E-state index contributed by atoms with van der Waals surface area (Å²) < 4.78 is 6.99. The van der Waals surface area contributed by atoms with E-state index in [2.05, 4.69) is 50.7 Å². The van der Waals surface area contributed by atoms with Gasteiger partial charge in [-0.1, -0.05) is 70.5 Å². The van der Waals surface area contributed by atoms with Gasteiger partial charge in [0, 0.05) is 15.6 Å². The van der Waals surface area contributed by atoms with Gasteiger partial charge in [0.1, 0.15) is 12.4 Å². The highest BCUT2D eigenvalue weighted by Crippen LogP contribution is 2.22. The van der Waals surface area contributed by atoms with Crippen LogP contribution in [0.2, 0.25) is 0 Å². The Morgan fingerprint density at radius 3 is 2.50 bits per heavy atom. The van der Waals surface area contributed by atoms with E-state index in [0.29, 0.717) is 17.9 Å². The Kier molecular flexibility index (Phi) is 6.20. The topological polar surface area (TPSA) is 50.7 Å². The van der Waals surface area contributed by atoms with Gasteiger partial charge >= 0.3 is 0 Å². The largest absolute Gasteiger partial charge is 0.488 e. The number of ether oxygens (including phenoxy) is 1. The van der Waals surface area contributed by atoms with E-state index in [1.807, 2.05) is 54.6 Å². The van der Waals surface area contributed by atoms with Crippen molar-refractivity contribution in [3.63, 3.8) is 0 Å². The van der Waals surface area contributed by atoms with Crippen LogP contribution in [0.15, 0.2) is 101 Å². The minimum absolute atomic E-state index is 0.270. The SMILES string of the molecule is O=C(N/N=C/c1ccccc1OCc1cccc2ccccc12)c1ccc(Br)cc1. The van der Waals surface area contributed by atoms with Crippen molar-refractivity contribution in [2.75, 3.05) is 0 Å². The van der Waals surface area contributed by atoms with Crippen molar-refractivity contribution in [2.45, 2.75) is 6.61 Å². The summed E-state index contributed by atoms with van der Waals surface area (Å²) in [6.45, 7) is 0.442. The van der Waals surface area contributed by atoms with Crippen molar-refractivity contribution < 1.29 is 9.53 Å². The zero-order chi connectivity index (χ0) is 20.8. The predicted molar refractivity (Wildman–Crippen MR) is 124 cm³/mol. The molecule has 0 spiro atoms. The van der Waals surface area contributed by atoms with Crippen LogP contribution in [0, 0.1) is 0 Å². The molecule has 0 heterocycles. The molecule has 30 heavy (non-hydrogen) atoms. The molecule has 0 bridgehead atoms. The number of amides is 1. The highest BCUT2D eigenvalue weighted by molar-refractivity contribution is 9.10. The lowest BCUT2D eigenvalue weighted by Gasteiger charge is -2.11. The predicted octanol–water partition coefficient (Wildman–Crippen LogP) is 5.95. The Labute approximate surface area is 183 Å². The first kappa shape index (κ1) is 19.9. The fourth-order valence-corrected chi connectivity index (χ4v) is 3.38. The van der Waals surface area contributed by atoms with Crippen LogP contribution in [0.5, 0.6) is 5.75 Å². The van der Waals surface area contributed by atoms with Gasteiger partial charge in [-0.15, -0.1) is 0 Å². The third kappa shape index (κ3) is 4.75. The minimum atomic E-state index is -0.270. The smallest absolute Gasteiger partial charge is 0.271 e. The molecular formula is C25H19BrN2O2. The van der Waals surface area contributed by atoms with Gasteiger partial charge in [0.05, 0.1) is 6.21 Å². The molecule has 4 aromatic carbocycles. The van der Waals surface area contributed by atoms with E-state index in [9.17, 15) is 4.79 Å². The first-order valence-corrected chi connectivity index (χ1v) is 10.3. The molecule has 5 heteroatoms. The monoisotopic (exact) mass is 458 g/mol. The highest BCUT2D eigenvalue weighted by atomic mass is 79.9. The quantitative estimate of drug-likeness (QED) is 0.286. The van der Waals surface area contributed by atoms with E-state index in [-0.39, 0.29) is 5.91 Å². The Balaban J connectivity index is 1.45. The third-order valence-electron chi connectivity index (χ3n) is 4.66. The van der Waals surface area contributed by atoms with Crippen LogP contribution >= 0.6 is 15.9 Å². The Morgan fingerprint density at radius 1 is 0.900 bits per heavy atom. The van der Waals surface area contributed by atoms with Crippen LogP contribution < -0.4 is 10.2 Å². The first-order valence-electron chi connectivity index (χ1n) is 9.48. The van der Waals surface area contributed by atoms with Gasteiger partial charge in [0.2, 0.25) is 0 Å². The lowest BCUT2D eigenvalue weighted by atomic mass is 10.1. The van der Waals surface area contributed by atoms with Gasteiger partial charge in [-0.25, -0.2) is 5.43 Å². The molecule has 4 rings (SSSR count). The van der Waals surface area contributed by atoms with E-state index in [1.54, 1.807) is 18.3 Å². The summed E-state index contributed by atoms with van der Waals surface area (Å²) in [6.07, 6.45) is 1.59. The average molecular weight is 459 g/mol. The number of hydrogen-bond donors (Lipinski definition) is 1. The summed E-state index contributed by atoms with van der Waals surface area (Å²) in [5, 5.41) is 6.45. The third-order valence-corrected chi connectivity index (χ3v) is 5.19. The molecule has 0 aliphatic rings. The second-order valence-electron chi connectivity index (χ2n) is 6.67. The number of nitrogens with one attached hydrogen (secondary N) is 1. The van der Waals surface area contributed by atoms with Gasteiger partial charge in [-0.05, 0) is 52.7 Å². The number of rotatable bonds is 6. The average Bonchev–Trinajstić information content (AvgIpc) is 2.79. The molecule has 0 atom stereocenters. The summed E-state index contributed by atoms with van der Waals surface area (Å²) in [6, 6.07) is 29.1. The minimum Gasteiger partial charge on any atom is -0.488 e. The lowest BCUT2D eigenvalue weighted by Crippen LogP contribution is -2.17. The summed E-state index contributed by atoms with van der Waals surface area (Å²) >= 11 is 3.36. The number of halogens is 1. The van der Waals surface area contributed by atoms with Crippen molar-refractivity contribution in [3.8, 4) is 5.75 Å². The van der Waals surface area contributed by atoms with E-state index in [0.717, 1.165) is 15.6 Å². The normalized spacial score (nSPS) is 11.0. The number of carbonyl (C=O) groups excluding carboxylic acids is 1. The molecule has 0 saturated carbocycles. The van der Waals surface area contributed by atoms with Gasteiger partial charge in [-0.2, -0.15) is 5.10 Å². The van der Waals surface area contributed by atoms with Crippen molar-refractivity contribution in [1.29, 1.82) is 0 Å². The summed E-state index contributed by atoms with van der Waals surface area (Å²) in [5.74, 6) is 0.431. The number of benzene rings is 4. The van der Waals surface area contributed by atoms with Crippen LogP contribution in [-0.2, 0) is 6.61 Å². The molecule has 148 valence electrons. The molecule has 0 radical (unpaired) electrons. The summed E-state index contributed by atoms with van der Waals surface area (Å²) in [4.78, 5) is 12.2. The van der Waals surface area contributed by atoms with Crippen LogP contribution in [0.1, 0.15) is 21.5 Å². The Hall–Kier alpha value is -3.44. The van der Waals surface area contributed by atoms with Crippen molar-refractivity contribution in [2.24, 2.45) is 5.10 Å². The van der Waals surface area contributed by atoms with Gasteiger partial charge < -0.3 is 4.74 Å². The van der Waals surface area contributed by atoms with Crippen LogP contribution in [-0.4, -0.2) is 12.1 Å². The molecule has 0 aliphatic carbocycles. The van der Waals surface area contributed by atoms with E-state index in [4.69, 9.17) is 4.74 Å². The number of nitrogens with zero attached hydrogens (tertiary/aromatic N) is 1. The molecular weight excluding hydrogens is 440 g/mol. The zero-order valence-electron chi connectivity index (χ0n) is 16.1. The van der Waals surface area contributed by atoms with Gasteiger partial charge in [0.15, 0.2) is 0 Å². The molecule has 0 fully saturated rings. The fourth-order valence-electron chi connectivity index (χ4n) is 3.12. The molecule has 1 N–H and O–H groups in total. The van der Waals surface area contributed by atoms with Crippen molar-refractivity contribution >= 4 is 38.8 Å². The van der Waals surface area contributed by atoms with Gasteiger partial charge in [-0.3, -0.25) is 4.79 Å². The molecule has 4 aromatic rings. The molecule has 0 unspecified atom stereocenters. The highest BCUT2D eigenvalue weighted by Gasteiger charge is 2.06. The molecule has 4 nitrogen and oxygen atoms in total. The first-order chi connectivity index (χ1) is 14.7. The van der Waals surface area contributed by atoms with E-state index >= 15 is 0 Å². The van der Waals surface area contributed by atoms with Crippen LogP contribution in [0.25, 0.3) is 10.8 Å². The standard InChI is InChI=1S/C25H19BrN2O2/c26-22-14-12-19(13-15-22)25(29)28-27-16-20-7-2-4-11-24(20)30-17-21-9-5-8-18-6-1-3-10-23(18)21/h1-16H,17H2,(H,28,29)/b27-16+. The number of para-hydroxylation sites is 1. The van der Waals surface area contributed by atoms with Crippen molar-refractivity contribution in [1.82, 2.24) is 5.43 Å². The number of hydrazone groups is 1. The molecule has 0 saturated heterocycles. The van der Waals surface area contributed by atoms with Crippen LogP contribution in [0.4, 0.5) is 0 Å². The second-order valence-corrected chi connectivity index (χ2v) is 7.59. The molecule has 1 amide bonds. The van der Waals surface area contributed by atoms with Gasteiger partial charge in [0.25, 0.3) is 5.91 Å². The Morgan fingerprint density at radius 2 is 1.63 bits per heavy atom. The lowest BCUT2D eigenvalue weighted by molar-refractivity contribution is 0.0955. The molecule has 0 aliphatic heterocycles. The second kappa shape index (κ2) is 9.37. The maximum atomic E-state index is 12.2. The zero-order valence-corrected chi connectivity index (χ0v) is 17.7. The number of hydrogen-bond acceptors (Lipinski definition) is 3. The summed E-state index contributed by atoms with van der Waals surface area (Å²) in [7, 11) is 0. The van der Waals surface area contributed by atoms with E-state index < -0.39 is 0 Å². The maximum Gasteiger partial charge on any atom is 0.271 e. The number of carbonyl (C=O) groups is 1. The van der Waals surface area contributed by atoms with Crippen molar-refractivity contribution in [3.05, 3.63) is 112 Å². The summed E-state index contributed by atoms with van der Waals surface area (Å²) in [5.41, 5.74) is 4.99. The fraction of sp³-hybridized carbons (Fsp3) is 0.0400. The molecule has 0 aromatic heterocycles. The van der Waals surface area contributed by atoms with Crippen LogP contribution in [0.3, 0.4) is 0 Å². The van der Waals surface area contributed by atoms with E-state index in [1.165, 1.54) is 10.8 Å².